The van der Waals surface area contributed by atoms with Crippen molar-refractivity contribution in [3.63, 3.8) is 0 Å². The van der Waals surface area contributed by atoms with Crippen LogP contribution in [-0.4, -0.2) is 54.2 Å². The summed E-state index contributed by atoms with van der Waals surface area (Å²) in [4.78, 5) is 25.3. The van der Waals surface area contributed by atoms with Crippen LogP contribution in [0, 0.1) is 0 Å². The molecule has 3 N–H and O–H groups in total. The predicted octanol–water partition coefficient (Wildman–Crippen LogP) is 1.02. The molecular formula is C13H25N3O3. The fourth-order valence-corrected chi connectivity index (χ4v) is 2.33. The molecule has 2 amide bonds. The Bertz CT molecular complexity index is 314. The number of carbonyl (C=O) groups is 2. The van der Waals surface area contributed by atoms with Crippen molar-refractivity contribution < 1.29 is 14.7 Å². The maximum absolute atomic E-state index is 11.8. The highest BCUT2D eigenvalue weighted by Crippen LogP contribution is 2.28. The molecule has 110 valence electrons. The van der Waals surface area contributed by atoms with E-state index in [4.69, 9.17) is 0 Å². The largest absolute Gasteiger partial charge is 0.480 e. The Morgan fingerprint density at radius 1 is 1.26 bits per heavy atom. The Hall–Kier alpha value is -1.30. The fraction of sp³-hybridized carbons (Fsp3) is 0.846. The van der Waals surface area contributed by atoms with Crippen LogP contribution in [-0.2, 0) is 4.79 Å². The summed E-state index contributed by atoms with van der Waals surface area (Å²) in [5.41, 5.74) is -1.07. The van der Waals surface area contributed by atoms with Crippen molar-refractivity contribution in [3.05, 3.63) is 0 Å². The summed E-state index contributed by atoms with van der Waals surface area (Å²) in [7, 11) is 1.97. The molecule has 0 aliphatic heterocycles. The van der Waals surface area contributed by atoms with Gasteiger partial charge in [0.1, 0.15) is 5.54 Å². The van der Waals surface area contributed by atoms with E-state index in [9.17, 15) is 14.7 Å². The molecule has 1 aliphatic carbocycles. The van der Waals surface area contributed by atoms with Gasteiger partial charge < -0.3 is 20.6 Å². The molecule has 1 fully saturated rings. The zero-order valence-electron chi connectivity index (χ0n) is 11.9. The van der Waals surface area contributed by atoms with Crippen LogP contribution >= 0.6 is 0 Å². The van der Waals surface area contributed by atoms with Gasteiger partial charge in [0.25, 0.3) is 0 Å². The summed E-state index contributed by atoms with van der Waals surface area (Å²) in [5.74, 6) is -0.923. The van der Waals surface area contributed by atoms with E-state index in [1.54, 1.807) is 0 Å². The smallest absolute Gasteiger partial charge is 0.329 e. The molecule has 1 saturated carbocycles. The standard InChI is InChI=1S/C13H25N3O3/c1-3-16(2)10-9-14-12(19)15-13(11(17)18)7-5-4-6-8-13/h3-10H2,1-2H3,(H,17,18)(H2,14,15,19). The van der Waals surface area contributed by atoms with Crippen LogP contribution in [0.1, 0.15) is 39.0 Å². The van der Waals surface area contributed by atoms with Crippen molar-refractivity contribution in [2.45, 2.75) is 44.6 Å². The Kier molecular flexibility index (Phi) is 6.08. The predicted molar refractivity (Wildman–Crippen MR) is 73.2 cm³/mol. The van der Waals surface area contributed by atoms with Crippen LogP contribution in [0.5, 0.6) is 0 Å². The number of likely N-dealkylation sites (N-methyl/N-ethyl adjacent to an activating group) is 1. The number of rotatable bonds is 6. The first-order valence-corrected chi connectivity index (χ1v) is 6.98. The molecule has 0 spiro atoms. The molecule has 0 saturated heterocycles. The van der Waals surface area contributed by atoms with E-state index in [2.05, 4.69) is 15.5 Å². The van der Waals surface area contributed by atoms with Crippen LogP contribution in [0.3, 0.4) is 0 Å². The lowest BCUT2D eigenvalue weighted by Gasteiger charge is -2.33. The quantitative estimate of drug-likeness (QED) is 0.674. The maximum atomic E-state index is 11.8. The highest BCUT2D eigenvalue weighted by atomic mass is 16.4. The third kappa shape index (κ3) is 4.70. The first kappa shape index (κ1) is 15.8. The van der Waals surface area contributed by atoms with Gasteiger partial charge in [-0.3, -0.25) is 0 Å². The van der Waals surface area contributed by atoms with Crippen molar-refractivity contribution in [2.24, 2.45) is 0 Å². The van der Waals surface area contributed by atoms with Gasteiger partial charge in [0.05, 0.1) is 0 Å². The topological polar surface area (TPSA) is 81.7 Å². The number of hydrogen-bond acceptors (Lipinski definition) is 3. The average Bonchev–Trinajstić information content (AvgIpc) is 2.39. The van der Waals surface area contributed by atoms with E-state index in [1.165, 1.54) is 0 Å². The van der Waals surface area contributed by atoms with E-state index in [0.29, 0.717) is 19.4 Å². The highest BCUT2D eigenvalue weighted by Gasteiger charge is 2.40. The van der Waals surface area contributed by atoms with Gasteiger partial charge in [-0.15, -0.1) is 0 Å². The van der Waals surface area contributed by atoms with Crippen LogP contribution in [0.4, 0.5) is 4.79 Å². The zero-order chi connectivity index (χ0) is 14.3. The van der Waals surface area contributed by atoms with Gasteiger partial charge in [-0.25, -0.2) is 9.59 Å². The summed E-state index contributed by atoms with van der Waals surface area (Å²) in [6.07, 6.45) is 3.78. The van der Waals surface area contributed by atoms with E-state index in [-0.39, 0.29) is 6.03 Å². The molecular weight excluding hydrogens is 246 g/mol. The molecule has 0 bridgehead atoms. The van der Waals surface area contributed by atoms with Crippen LogP contribution < -0.4 is 10.6 Å². The maximum Gasteiger partial charge on any atom is 0.329 e. The zero-order valence-corrected chi connectivity index (χ0v) is 11.9. The minimum atomic E-state index is -1.07. The third-order valence-electron chi connectivity index (χ3n) is 3.79. The number of carboxylic acids is 1. The monoisotopic (exact) mass is 271 g/mol. The van der Waals surface area contributed by atoms with Crippen LogP contribution in [0.2, 0.25) is 0 Å². The lowest BCUT2D eigenvalue weighted by molar-refractivity contribution is -0.145. The molecule has 0 heterocycles. The number of nitrogens with one attached hydrogen (secondary N) is 2. The Balaban J connectivity index is 2.42. The summed E-state index contributed by atoms with van der Waals surface area (Å²) >= 11 is 0. The summed E-state index contributed by atoms with van der Waals surface area (Å²) in [5, 5.41) is 14.7. The van der Waals surface area contributed by atoms with E-state index in [1.807, 2.05) is 14.0 Å². The molecule has 6 heteroatoms. The lowest BCUT2D eigenvalue weighted by atomic mass is 9.82. The number of carbonyl (C=O) groups excluding carboxylic acids is 1. The first-order valence-electron chi connectivity index (χ1n) is 6.98. The Morgan fingerprint density at radius 3 is 2.42 bits per heavy atom. The number of carboxylic acid groups (broad SMARTS) is 1. The number of aliphatic carboxylic acids is 1. The Morgan fingerprint density at radius 2 is 1.89 bits per heavy atom. The molecule has 1 rings (SSSR count). The van der Waals surface area contributed by atoms with Crippen molar-refractivity contribution in [1.82, 2.24) is 15.5 Å². The molecule has 0 aromatic carbocycles. The van der Waals surface area contributed by atoms with Gasteiger partial charge in [0.15, 0.2) is 0 Å². The van der Waals surface area contributed by atoms with Crippen molar-refractivity contribution >= 4 is 12.0 Å². The summed E-state index contributed by atoms with van der Waals surface area (Å²) < 4.78 is 0. The Labute approximate surface area is 114 Å². The molecule has 0 radical (unpaired) electrons. The molecule has 1 aliphatic rings. The van der Waals surface area contributed by atoms with Gasteiger partial charge in [-0.05, 0) is 26.4 Å². The normalized spacial score (nSPS) is 18.1. The van der Waals surface area contributed by atoms with Crippen LogP contribution in [0.25, 0.3) is 0 Å². The number of hydrogen-bond donors (Lipinski definition) is 3. The second-order valence-corrected chi connectivity index (χ2v) is 5.22. The van der Waals surface area contributed by atoms with Crippen molar-refractivity contribution in [2.75, 3.05) is 26.7 Å². The fourth-order valence-electron chi connectivity index (χ4n) is 2.33. The van der Waals surface area contributed by atoms with E-state index in [0.717, 1.165) is 32.4 Å². The molecule has 19 heavy (non-hydrogen) atoms. The summed E-state index contributed by atoms with van der Waals surface area (Å²) in [6.45, 7) is 4.24. The SMILES string of the molecule is CCN(C)CCNC(=O)NC1(C(=O)O)CCCCC1. The molecule has 0 aromatic rings. The minimum absolute atomic E-state index is 0.381. The van der Waals surface area contributed by atoms with Gasteiger partial charge >= 0.3 is 12.0 Å². The molecule has 0 atom stereocenters. The number of amides is 2. The second kappa shape index (κ2) is 7.33. The van der Waals surface area contributed by atoms with E-state index < -0.39 is 11.5 Å². The average molecular weight is 271 g/mol. The van der Waals surface area contributed by atoms with Crippen LogP contribution in [0.15, 0.2) is 0 Å². The van der Waals surface area contributed by atoms with Gasteiger partial charge in [0, 0.05) is 13.1 Å². The first-order chi connectivity index (χ1) is 9.00. The second-order valence-electron chi connectivity index (χ2n) is 5.22. The minimum Gasteiger partial charge on any atom is -0.480 e. The third-order valence-corrected chi connectivity index (χ3v) is 3.79. The van der Waals surface area contributed by atoms with Gasteiger partial charge in [-0.1, -0.05) is 26.2 Å². The number of urea groups is 1. The van der Waals surface area contributed by atoms with Crippen molar-refractivity contribution in [3.8, 4) is 0 Å². The summed E-state index contributed by atoms with van der Waals surface area (Å²) in [6, 6.07) is -0.381. The molecule has 6 nitrogen and oxygen atoms in total. The highest BCUT2D eigenvalue weighted by molar-refractivity contribution is 5.86. The lowest BCUT2D eigenvalue weighted by Crippen LogP contribution is -2.58. The molecule has 0 aromatic heterocycles. The van der Waals surface area contributed by atoms with Gasteiger partial charge in [0.2, 0.25) is 0 Å². The van der Waals surface area contributed by atoms with E-state index >= 15 is 0 Å². The number of nitrogens with zero attached hydrogens (tertiary/aromatic N) is 1. The van der Waals surface area contributed by atoms with Gasteiger partial charge in [-0.2, -0.15) is 0 Å². The molecule has 0 unspecified atom stereocenters. The van der Waals surface area contributed by atoms with Crippen molar-refractivity contribution in [1.29, 1.82) is 0 Å².